The molecule has 0 fully saturated rings. The number of ether oxygens (including phenoxy) is 1. The summed E-state index contributed by atoms with van der Waals surface area (Å²) in [6.07, 6.45) is 2.72. The molecule has 1 unspecified atom stereocenters. The first-order valence-corrected chi connectivity index (χ1v) is 8.22. The number of benzene rings is 1. The van der Waals surface area contributed by atoms with E-state index in [1.807, 2.05) is 6.07 Å². The molecule has 2 N–H and O–H groups in total. The van der Waals surface area contributed by atoms with Gasteiger partial charge in [0.2, 0.25) is 0 Å². The number of aromatic nitrogens is 1. The second-order valence-corrected chi connectivity index (χ2v) is 5.72. The molecule has 130 valence electrons. The minimum atomic E-state index is 0.190. The van der Waals surface area contributed by atoms with Crippen LogP contribution < -0.4 is 15.4 Å². The monoisotopic (exact) mass is 330 g/mol. The molecular weight excluding hydrogens is 304 g/mol. The maximum absolute atomic E-state index is 6.04. The van der Waals surface area contributed by atoms with Crippen molar-refractivity contribution in [1.29, 1.82) is 0 Å². The second-order valence-electron chi connectivity index (χ2n) is 5.72. The van der Waals surface area contributed by atoms with E-state index in [9.17, 15) is 0 Å². The van der Waals surface area contributed by atoms with Crippen LogP contribution in [0.25, 0.3) is 0 Å². The van der Waals surface area contributed by atoms with Gasteiger partial charge in [-0.1, -0.05) is 24.2 Å². The lowest BCUT2D eigenvalue weighted by Gasteiger charge is -2.18. The fraction of sp³-hybridized carbons (Fsp3) is 0.444. The lowest BCUT2D eigenvalue weighted by Crippen LogP contribution is -2.36. The first-order chi connectivity index (χ1) is 11.6. The molecule has 24 heavy (non-hydrogen) atoms. The van der Waals surface area contributed by atoms with Gasteiger partial charge in [-0.25, -0.2) is 0 Å². The van der Waals surface area contributed by atoms with Crippen molar-refractivity contribution in [2.45, 2.75) is 46.4 Å². The summed E-state index contributed by atoms with van der Waals surface area (Å²) >= 11 is 0. The van der Waals surface area contributed by atoms with Gasteiger partial charge in [-0.3, -0.25) is 4.99 Å². The maximum Gasteiger partial charge on any atom is 0.191 e. The fourth-order valence-corrected chi connectivity index (χ4v) is 2.12. The number of nitrogens with zero attached hydrogens (tertiary/aromatic N) is 2. The van der Waals surface area contributed by atoms with Crippen LogP contribution in [0.15, 0.2) is 40.0 Å². The average molecular weight is 330 g/mol. The van der Waals surface area contributed by atoms with Crippen molar-refractivity contribution in [3.05, 3.63) is 47.3 Å². The zero-order chi connectivity index (χ0) is 17.4. The number of hydrogen-bond donors (Lipinski definition) is 2. The molecule has 6 heteroatoms. The Morgan fingerprint density at radius 1 is 1.29 bits per heavy atom. The molecule has 0 aliphatic rings. The number of hydrogen-bond acceptors (Lipinski definition) is 4. The minimum Gasteiger partial charge on any atom is -0.490 e. The maximum atomic E-state index is 6.04. The summed E-state index contributed by atoms with van der Waals surface area (Å²) in [5.74, 6) is 1.62. The van der Waals surface area contributed by atoms with Crippen LogP contribution >= 0.6 is 0 Å². The zero-order valence-electron chi connectivity index (χ0n) is 14.8. The topological polar surface area (TPSA) is 71.7 Å². The largest absolute Gasteiger partial charge is 0.490 e. The molecule has 0 amide bonds. The molecule has 0 bridgehead atoms. The van der Waals surface area contributed by atoms with Crippen LogP contribution in [0.5, 0.6) is 5.75 Å². The third kappa shape index (κ3) is 5.30. The van der Waals surface area contributed by atoms with Crippen molar-refractivity contribution in [2.75, 3.05) is 7.05 Å². The predicted molar refractivity (Wildman–Crippen MR) is 95.1 cm³/mol. The molecule has 6 nitrogen and oxygen atoms in total. The summed E-state index contributed by atoms with van der Waals surface area (Å²) in [5.41, 5.74) is 3.12. The van der Waals surface area contributed by atoms with E-state index in [2.05, 4.69) is 59.8 Å². The normalized spacial score (nSPS) is 12.8. The summed E-state index contributed by atoms with van der Waals surface area (Å²) in [6.45, 7) is 7.45. The van der Waals surface area contributed by atoms with Gasteiger partial charge >= 0.3 is 0 Å². The van der Waals surface area contributed by atoms with E-state index in [4.69, 9.17) is 9.26 Å². The van der Waals surface area contributed by atoms with Crippen molar-refractivity contribution in [3.8, 4) is 5.75 Å². The highest BCUT2D eigenvalue weighted by atomic mass is 16.5. The van der Waals surface area contributed by atoms with Gasteiger partial charge in [0.05, 0.1) is 12.6 Å². The molecule has 0 radical (unpaired) electrons. The van der Waals surface area contributed by atoms with Gasteiger partial charge in [0.15, 0.2) is 5.96 Å². The SMILES string of the molecule is CCC(C)Oc1cc(C)ccc1CNC(=NC)NCc1ccon1. The molecule has 2 aromatic rings. The fourth-order valence-electron chi connectivity index (χ4n) is 2.12. The third-order valence-corrected chi connectivity index (χ3v) is 3.72. The molecule has 2 rings (SSSR count). The van der Waals surface area contributed by atoms with Crippen LogP contribution in [0, 0.1) is 6.92 Å². The highest BCUT2D eigenvalue weighted by Crippen LogP contribution is 2.22. The molecular formula is C18H26N4O2. The number of aliphatic imine (C=N–C) groups is 1. The molecule has 0 spiro atoms. The Kier molecular flexibility index (Phi) is 6.66. The summed E-state index contributed by atoms with van der Waals surface area (Å²) in [4.78, 5) is 4.22. The van der Waals surface area contributed by atoms with Crippen molar-refractivity contribution in [1.82, 2.24) is 15.8 Å². The van der Waals surface area contributed by atoms with E-state index in [0.717, 1.165) is 23.4 Å². The number of nitrogens with one attached hydrogen (secondary N) is 2. The lowest BCUT2D eigenvalue weighted by molar-refractivity contribution is 0.215. The van der Waals surface area contributed by atoms with Gasteiger partial charge in [0, 0.05) is 25.2 Å². The molecule has 1 aromatic carbocycles. The first-order valence-electron chi connectivity index (χ1n) is 8.22. The Hall–Kier alpha value is -2.50. The third-order valence-electron chi connectivity index (χ3n) is 3.72. The van der Waals surface area contributed by atoms with Gasteiger partial charge < -0.3 is 19.9 Å². The Bertz CT molecular complexity index is 653. The van der Waals surface area contributed by atoms with E-state index in [0.29, 0.717) is 19.0 Å². The average Bonchev–Trinajstić information content (AvgIpc) is 3.10. The summed E-state index contributed by atoms with van der Waals surface area (Å²) in [6, 6.07) is 8.07. The van der Waals surface area contributed by atoms with Gasteiger partial charge in [-0.2, -0.15) is 0 Å². The van der Waals surface area contributed by atoms with Crippen LogP contribution in [0.1, 0.15) is 37.1 Å². The smallest absolute Gasteiger partial charge is 0.191 e. The van der Waals surface area contributed by atoms with Crippen molar-refractivity contribution >= 4 is 5.96 Å². The molecule has 0 aliphatic heterocycles. The van der Waals surface area contributed by atoms with E-state index >= 15 is 0 Å². The van der Waals surface area contributed by atoms with Gasteiger partial charge in [-0.05, 0) is 31.9 Å². The summed E-state index contributed by atoms with van der Waals surface area (Å²) in [7, 11) is 1.74. The van der Waals surface area contributed by atoms with Crippen LogP contribution in [-0.4, -0.2) is 24.3 Å². The van der Waals surface area contributed by atoms with Crippen LogP contribution in [0.2, 0.25) is 0 Å². The molecule has 1 heterocycles. The van der Waals surface area contributed by atoms with Crippen LogP contribution in [0.3, 0.4) is 0 Å². The summed E-state index contributed by atoms with van der Waals surface area (Å²) in [5, 5.41) is 10.4. The van der Waals surface area contributed by atoms with E-state index in [1.165, 1.54) is 5.56 Å². The molecule has 1 aromatic heterocycles. The van der Waals surface area contributed by atoms with E-state index in [1.54, 1.807) is 13.3 Å². The van der Waals surface area contributed by atoms with Crippen LogP contribution in [-0.2, 0) is 13.1 Å². The van der Waals surface area contributed by atoms with Crippen molar-refractivity contribution in [3.63, 3.8) is 0 Å². The standard InChI is InChI=1S/C18H26N4O2/c1-5-14(3)24-17-10-13(2)6-7-15(17)11-20-18(19-4)21-12-16-8-9-23-22-16/h6-10,14H,5,11-12H2,1-4H3,(H2,19,20,21). The van der Waals surface area contributed by atoms with Crippen molar-refractivity contribution in [2.24, 2.45) is 4.99 Å². The van der Waals surface area contributed by atoms with Crippen LogP contribution in [0.4, 0.5) is 0 Å². The van der Waals surface area contributed by atoms with E-state index < -0.39 is 0 Å². The quantitative estimate of drug-likeness (QED) is 0.603. The van der Waals surface area contributed by atoms with Gasteiger partial charge in [-0.15, -0.1) is 0 Å². The van der Waals surface area contributed by atoms with Gasteiger partial charge in [0.25, 0.3) is 0 Å². The number of aryl methyl sites for hydroxylation is 1. The molecule has 0 saturated carbocycles. The molecule has 0 aliphatic carbocycles. The Balaban J connectivity index is 1.96. The number of guanidine groups is 1. The predicted octanol–water partition coefficient (Wildman–Crippen LogP) is 3.03. The molecule has 0 saturated heterocycles. The second kappa shape index (κ2) is 8.96. The Labute approximate surface area is 143 Å². The van der Waals surface area contributed by atoms with Crippen molar-refractivity contribution < 1.29 is 9.26 Å². The first kappa shape index (κ1) is 17.8. The Morgan fingerprint density at radius 2 is 2.08 bits per heavy atom. The molecule has 1 atom stereocenters. The Morgan fingerprint density at radius 3 is 2.75 bits per heavy atom. The highest BCUT2D eigenvalue weighted by Gasteiger charge is 2.09. The minimum absolute atomic E-state index is 0.190. The lowest BCUT2D eigenvalue weighted by atomic mass is 10.1. The van der Waals surface area contributed by atoms with Gasteiger partial charge in [0.1, 0.15) is 17.7 Å². The highest BCUT2D eigenvalue weighted by molar-refractivity contribution is 5.79. The number of rotatable bonds is 7. The zero-order valence-corrected chi connectivity index (χ0v) is 14.8. The summed E-state index contributed by atoms with van der Waals surface area (Å²) < 4.78 is 10.9. The van der Waals surface area contributed by atoms with E-state index in [-0.39, 0.29) is 6.10 Å².